The highest BCUT2D eigenvalue weighted by Gasteiger charge is 2.33. The molecule has 212 valence electrons. The van der Waals surface area contributed by atoms with Crippen molar-refractivity contribution in [2.24, 2.45) is 0 Å². The number of sulfonamides is 1. The third-order valence-electron chi connectivity index (χ3n) is 6.25. The molecule has 0 bridgehead atoms. The minimum atomic E-state index is -4.32. The number of nitrogens with one attached hydrogen (secondary N) is 1. The summed E-state index contributed by atoms with van der Waals surface area (Å²) < 4.78 is 42.8. The second-order valence-corrected chi connectivity index (χ2v) is 10.9. The zero-order valence-corrected chi connectivity index (χ0v) is 23.0. The third-order valence-corrected chi connectivity index (χ3v) is 8.04. The number of benzene rings is 3. The molecule has 3 rings (SSSR count). The smallest absolute Gasteiger partial charge is 0.269 e. The van der Waals surface area contributed by atoms with Crippen LogP contribution >= 0.6 is 0 Å². The molecule has 0 aliphatic rings. The van der Waals surface area contributed by atoms with Crippen LogP contribution in [0.25, 0.3) is 0 Å². The summed E-state index contributed by atoms with van der Waals surface area (Å²) in [7, 11) is -4.32. The third kappa shape index (κ3) is 7.41. The lowest BCUT2D eigenvalue weighted by Gasteiger charge is -2.32. The molecular weight excluding hydrogens is 539 g/mol. The Kier molecular flexibility index (Phi) is 10.3. The van der Waals surface area contributed by atoms with E-state index in [1.807, 2.05) is 6.92 Å². The fraction of sp³-hybridized carbons (Fsp3) is 0.286. The van der Waals surface area contributed by atoms with Gasteiger partial charge in [0.05, 0.1) is 15.5 Å². The van der Waals surface area contributed by atoms with Crippen molar-refractivity contribution in [3.8, 4) is 0 Å². The lowest BCUT2D eigenvalue weighted by molar-refractivity contribution is -0.384. The summed E-state index contributed by atoms with van der Waals surface area (Å²) in [5, 5.41) is 13.9. The summed E-state index contributed by atoms with van der Waals surface area (Å²) in [6.45, 7) is 2.81. The number of nitrogens with zero attached hydrogens (tertiary/aromatic N) is 3. The Labute approximate surface area is 232 Å². The van der Waals surface area contributed by atoms with Gasteiger partial charge in [-0.25, -0.2) is 12.8 Å². The highest BCUT2D eigenvalue weighted by atomic mass is 32.2. The maximum absolute atomic E-state index is 14.6. The molecule has 0 saturated heterocycles. The average molecular weight is 571 g/mol. The van der Waals surface area contributed by atoms with Gasteiger partial charge in [-0.3, -0.25) is 24.0 Å². The summed E-state index contributed by atoms with van der Waals surface area (Å²) in [4.78, 5) is 38.2. The van der Waals surface area contributed by atoms with Gasteiger partial charge < -0.3 is 10.2 Å². The van der Waals surface area contributed by atoms with Gasteiger partial charge in [-0.2, -0.15) is 0 Å². The molecule has 12 heteroatoms. The quantitative estimate of drug-likeness (QED) is 0.186. The Morgan fingerprint density at radius 3 is 2.23 bits per heavy atom. The van der Waals surface area contributed by atoms with Gasteiger partial charge >= 0.3 is 0 Å². The Balaban J connectivity index is 2.02. The Morgan fingerprint density at radius 2 is 1.62 bits per heavy atom. The maximum atomic E-state index is 14.6. The minimum absolute atomic E-state index is 0.00805. The fourth-order valence-corrected chi connectivity index (χ4v) is 5.35. The van der Waals surface area contributed by atoms with Crippen molar-refractivity contribution in [2.75, 3.05) is 17.4 Å². The first-order valence-electron chi connectivity index (χ1n) is 12.7. The number of nitro benzene ring substituents is 1. The molecular formula is C28H31FN4O6S. The van der Waals surface area contributed by atoms with E-state index in [4.69, 9.17) is 0 Å². The van der Waals surface area contributed by atoms with Crippen LogP contribution in [-0.4, -0.2) is 49.2 Å². The van der Waals surface area contributed by atoms with Gasteiger partial charge in [0.2, 0.25) is 11.8 Å². The Morgan fingerprint density at radius 1 is 1.00 bits per heavy atom. The van der Waals surface area contributed by atoms with Crippen LogP contribution in [0.3, 0.4) is 0 Å². The highest BCUT2D eigenvalue weighted by molar-refractivity contribution is 7.92. The normalized spacial score (nSPS) is 11.9. The Bertz CT molecular complexity index is 1430. The van der Waals surface area contributed by atoms with Crippen LogP contribution in [0.5, 0.6) is 0 Å². The molecule has 0 aliphatic heterocycles. The molecule has 1 N–H and O–H groups in total. The summed E-state index contributed by atoms with van der Waals surface area (Å²) in [6, 6.07) is 16.9. The van der Waals surface area contributed by atoms with Gasteiger partial charge in [0, 0.05) is 30.8 Å². The number of halogens is 1. The van der Waals surface area contributed by atoms with Crippen molar-refractivity contribution < 1.29 is 27.3 Å². The van der Waals surface area contributed by atoms with Gasteiger partial charge in [0.1, 0.15) is 18.4 Å². The van der Waals surface area contributed by atoms with Gasteiger partial charge in [0.15, 0.2) is 0 Å². The highest BCUT2D eigenvalue weighted by Crippen LogP contribution is 2.26. The second kappa shape index (κ2) is 13.7. The number of rotatable bonds is 13. The molecule has 0 saturated carbocycles. The molecule has 0 radical (unpaired) electrons. The van der Waals surface area contributed by atoms with Crippen molar-refractivity contribution in [3.05, 3.63) is 100 Å². The molecule has 1 atom stereocenters. The standard InChI is InChI=1S/C28H31FN4O6S/c1-3-4-18-30-28(35)21(2)31(19-22-10-8-9-13-26(22)29)27(34)20-32(23-14-16-24(17-15-23)33(36)37)40(38,39)25-11-6-5-7-12-25/h5-17,21H,3-4,18-20H2,1-2H3,(H,30,35)/t21-/m1/s1. The number of hydrogen-bond donors (Lipinski definition) is 1. The van der Waals surface area contributed by atoms with Crippen LogP contribution in [-0.2, 0) is 26.2 Å². The molecule has 40 heavy (non-hydrogen) atoms. The number of non-ortho nitro benzene ring substituents is 1. The van der Waals surface area contributed by atoms with Crippen LogP contribution in [0, 0.1) is 15.9 Å². The van der Waals surface area contributed by atoms with Crippen LogP contribution < -0.4 is 9.62 Å². The number of hydrogen-bond acceptors (Lipinski definition) is 6. The number of carbonyl (C=O) groups is 2. The zero-order chi connectivity index (χ0) is 29.3. The minimum Gasteiger partial charge on any atom is -0.354 e. The summed E-state index contributed by atoms with van der Waals surface area (Å²) in [5.74, 6) is -1.81. The van der Waals surface area contributed by atoms with E-state index in [2.05, 4.69) is 5.32 Å². The van der Waals surface area contributed by atoms with Crippen molar-refractivity contribution in [1.29, 1.82) is 0 Å². The molecule has 3 aromatic carbocycles. The second-order valence-electron chi connectivity index (χ2n) is 9.03. The molecule has 0 heterocycles. The predicted octanol–water partition coefficient (Wildman–Crippen LogP) is 4.26. The van der Waals surface area contributed by atoms with Crippen molar-refractivity contribution in [3.63, 3.8) is 0 Å². The van der Waals surface area contributed by atoms with E-state index in [0.717, 1.165) is 34.2 Å². The maximum Gasteiger partial charge on any atom is 0.269 e. The van der Waals surface area contributed by atoms with Crippen molar-refractivity contribution in [2.45, 2.75) is 44.2 Å². The fourth-order valence-electron chi connectivity index (χ4n) is 3.92. The molecule has 0 aliphatic carbocycles. The molecule has 0 unspecified atom stereocenters. The first kappa shape index (κ1) is 30.2. The van der Waals surface area contributed by atoms with E-state index in [1.54, 1.807) is 12.1 Å². The van der Waals surface area contributed by atoms with Gasteiger partial charge in [-0.15, -0.1) is 0 Å². The SMILES string of the molecule is CCCCNC(=O)[C@@H](C)N(Cc1ccccc1F)C(=O)CN(c1ccc([N+](=O)[O-])cc1)S(=O)(=O)c1ccccc1. The van der Waals surface area contributed by atoms with Gasteiger partial charge in [-0.1, -0.05) is 49.7 Å². The van der Waals surface area contributed by atoms with E-state index < -0.39 is 45.2 Å². The number of carbonyl (C=O) groups excluding carboxylic acids is 2. The number of nitro groups is 1. The van der Waals surface area contributed by atoms with E-state index in [1.165, 1.54) is 61.5 Å². The molecule has 3 aromatic rings. The molecule has 0 spiro atoms. The van der Waals surface area contributed by atoms with Gasteiger partial charge in [-0.05, 0) is 43.7 Å². The number of amides is 2. The van der Waals surface area contributed by atoms with Crippen LogP contribution in [0.2, 0.25) is 0 Å². The Hall–Kier alpha value is -4.32. The van der Waals surface area contributed by atoms with Crippen LogP contribution in [0.4, 0.5) is 15.8 Å². The van der Waals surface area contributed by atoms with Crippen LogP contribution in [0.15, 0.2) is 83.8 Å². The summed E-state index contributed by atoms with van der Waals surface area (Å²) >= 11 is 0. The first-order chi connectivity index (χ1) is 19.1. The van der Waals surface area contributed by atoms with E-state index >= 15 is 0 Å². The van der Waals surface area contributed by atoms with Crippen molar-refractivity contribution in [1.82, 2.24) is 10.2 Å². The molecule has 0 aromatic heterocycles. The van der Waals surface area contributed by atoms with E-state index in [9.17, 15) is 32.5 Å². The van der Waals surface area contributed by atoms with Crippen LogP contribution in [0.1, 0.15) is 32.3 Å². The van der Waals surface area contributed by atoms with Crippen molar-refractivity contribution >= 4 is 33.2 Å². The molecule has 0 fully saturated rings. The predicted molar refractivity (Wildman–Crippen MR) is 148 cm³/mol. The average Bonchev–Trinajstić information content (AvgIpc) is 2.95. The topological polar surface area (TPSA) is 130 Å². The first-order valence-corrected chi connectivity index (χ1v) is 14.1. The zero-order valence-electron chi connectivity index (χ0n) is 22.2. The lowest BCUT2D eigenvalue weighted by Crippen LogP contribution is -2.51. The van der Waals surface area contributed by atoms with E-state index in [0.29, 0.717) is 6.54 Å². The van der Waals surface area contributed by atoms with E-state index in [-0.39, 0.29) is 28.4 Å². The number of anilines is 1. The lowest BCUT2D eigenvalue weighted by atomic mass is 10.1. The summed E-state index contributed by atoms with van der Waals surface area (Å²) in [5.41, 5.74) is -0.101. The van der Waals surface area contributed by atoms with Gasteiger partial charge in [0.25, 0.3) is 15.7 Å². The largest absolute Gasteiger partial charge is 0.354 e. The molecule has 10 nitrogen and oxygen atoms in total. The molecule has 2 amide bonds. The monoisotopic (exact) mass is 570 g/mol. The number of unbranched alkanes of at least 4 members (excludes halogenated alkanes) is 1. The summed E-state index contributed by atoms with van der Waals surface area (Å²) in [6.07, 6.45) is 1.57.